The van der Waals surface area contributed by atoms with Crippen LogP contribution in [-0.4, -0.2) is 26.8 Å². The molecule has 1 unspecified atom stereocenters. The molecule has 15 heavy (non-hydrogen) atoms. The lowest BCUT2D eigenvalue weighted by Gasteiger charge is -2.37. The zero-order valence-electron chi connectivity index (χ0n) is 10.00. The van der Waals surface area contributed by atoms with Gasteiger partial charge in [-0.25, -0.2) is 0 Å². The minimum absolute atomic E-state index is 0.148. The van der Waals surface area contributed by atoms with Crippen LogP contribution in [0.3, 0.4) is 0 Å². The third kappa shape index (κ3) is 5.01. The van der Waals surface area contributed by atoms with Crippen molar-refractivity contribution in [1.82, 2.24) is 0 Å². The summed E-state index contributed by atoms with van der Waals surface area (Å²) in [5, 5.41) is 9.60. The van der Waals surface area contributed by atoms with Crippen molar-refractivity contribution < 1.29 is 5.11 Å². The molecule has 0 amide bonds. The average molecular weight is 248 g/mol. The third-order valence-corrected chi connectivity index (χ3v) is 6.27. The van der Waals surface area contributed by atoms with Crippen LogP contribution >= 0.6 is 23.5 Å². The number of hydrogen-bond acceptors (Lipinski definition) is 3. The van der Waals surface area contributed by atoms with Crippen molar-refractivity contribution in [1.29, 1.82) is 0 Å². The van der Waals surface area contributed by atoms with Crippen LogP contribution in [0.2, 0.25) is 0 Å². The van der Waals surface area contributed by atoms with Gasteiger partial charge >= 0.3 is 0 Å². The van der Waals surface area contributed by atoms with Crippen LogP contribution in [0.25, 0.3) is 0 Å². The van der Waals surface area contributed by atoms with E-state index in [-0.39, 0.29) is 6.10 Å². The van der Waals surface area contributed by atoms with Crippen LogP contribution in [-0.2, 0) is 0 Å². The van der Waals surface area contributed by atoms with Crippen LogP contribution in [0.1, 0.15) is 52.4 Å². The quantitative estimate of drug-likeness (QED) is 0.720. The number of rotatable bonds is 6. The van der Waals surface area contributed by atoms with Crippen molar-refractivity contribution in [2.24, 2.45) is 0 Å². The van der Waals surface area contributed by atoms with E-state index in [1.165, 1.54) is 43.6 Å². The van der Waals surface area contributed by atoms with Crippen molar-refractivity contribution in [2.45, 2.75) is 62.6 Å². The smallest absolute Gasteiger partial charge is 0.0635 e. The third-order valence-electron chi connectivity index (χ3n) is 2.79. The summed E-state index contributed by atoms with van der Waals surface area (Å²) in [4.78, 5) is 0. The molecule has 90 valence electrons. The van der Waals surface area contributed by atoms with Crippen molar-refractivity contribution in [3.63, 3.8) is 0 Å². The van der Waals surface area contributed by atoms with Crippen molar-refractivity contribution in [3.05, 3.63) is 0 Å². The first-order valence-corrected chi connectivity index (χ1v) is 8.11. The van der Waals surface area contributed by atoms with Crippen molar-refractivity contribution in [2.75, 3.05) is 11.5 Å². The fourth-order valence-corrected chi connectivity index (χ4v) is 5.71. The molecule has 0 saturated carbocycles. The highest BCUT2D eigenvalue weighted by atomic mass is 32.2. The molecule has 0 spiro atoms. The Morgan fingerprint density at radius 1 is 1.27 bits per heavy atom. The Bertz CT molecular complexity index is 165. The van der Waals surface area contributed by atoms with E-state index in [0.29, 0.717) is 4.08 Å². The largest absolute Gasteiger partial charge is 0.393 e. The van der Waals surface area contributed by atoms with Crippen molar-refractivity contribution >= 4 is 23.5 Å². The molecule has 0 aromatic carbocycles. The van der Waals surface area contributed by atoms with Crippen LogP contribution in [0.4, 0.5) is 0 Å². The minimum Gasteiger partial charge on any atom is -0.393 e. The Balaban J connectivity index is 2.42. The van der Waals surface area contributed by atoms with E-state index in [2.05, 4.69) is 30.4 Å². The Morgan fingerprint density at radius 2 is 1.93 bits per heavy atom. The normalized spacial score (nSPS) is 22.6. The lowest BCUT2D eigenvalue weighted by molar-refractivity contribution is 0.178. The van der Waals surface area contributed by atoms with Crippen LogP contribution < -0.4 is 0 Å². The molecule has 3 heteroatoms. The van der Waals surface area contributed by atoms with Gasteiger partial charge in [-0.15, -0.1) is 23.5 Å². The van der Waals surface area contributed by atoms with Gasteiger partial charge in [-0.2, -0.15) is 0 Å². The minimum atomic E-state index is -0.148. The zero-order valence-corrected chi connectivity index (χ0v) is 11.6. The molecular weight excluding hydrogens is 224 g/mol. The molecule has 0 bridgehead atoms. The molecule has 1 rings (SSSR count). The summed E-state index contributed by atoms with van der Waals surface area (Å²) in [6, 6.07) is 0. The van der Waals surface area contributed by atoms with Gasteiger partial charge in [0.2, 0.25) is 0 Å². The second-order valence-electron chi connectivity index (χ2n) is 4.47. The SMILES string of the molecule is CCCCCC1(CC(C)O)SCCCS1. The van der Waals surface area contributed by atoms with Gasteiger partial charge in [0.1, 0.15) is 0 Å². The number of unbranched alkanes of at least 4 members (excludes halogenated alkanes) is 2. The highest BCUT2D eigenvalue weighted by Crippen LogP contribution is 2.48. The van der Waals surface area contributed by atoms with Gasteiger partial charge in [0.05, 0.1) is 10.2 Å². The summed E-state index contributed by atoms with van der Waals surface area (Å²) in [5.74, 6) is 2.57. The first kappa shape index (κ1) is 13.7. The average Bonchev–Trinajstić information content (AvgIpc) is 2.18. The highest BCUT2D eigenvalue weighted by Gasteiger charge is 2.34. The Hall–Kier alpha value is 0.660. The van der Waals surface area contributed by atoms with Crippen LogP contribution in [0.5, 0.6) is 0 Å². The first-order chi connectivity index (χ1) is 7.18. The summed E-state index contributed by atoms with van der Waals surface area (Å²) < 4.78 is 0.335. The summed E-state index contributed by atoms with van der Waals surface area (Å²) in [6.45, 7) is 4.18. The second-order valence-corrected chi connectivity index (χ2v) is 7.69. The number of aliphatic hydroxyl groups is 1. The maximum Gasteiger partial charge on any atom is 0.0635 e. The summed E-state index contributed by atoms with van der Waals surface area (Å²) in [6.07, 6.45) is 7.38. The molecule has 1 aliphatic rings. The Labute approximate surface area is 103 Å². The molecular formula is C12H24OS2. The van der Waals surface area contributed by atoms with Gasteiger partial charge in [0, 0.05) is 0 Å². The molecule has 1 N–H and O–H groups in total. The van der Waals surface area contributed by atoms with Gasteiger partial charge in [0.25, 0.3) is 0 Å². The van der Waals surface area contributed by atoms with Crippen molar-refractivity contribution in [3.8, 4) is 0 Å². The van der Waals surface area contributed by atoms with E-state index in [4.69, 9.17) is 0 Å². The van der Waals surface area contributed by atoms with E-state index in [0.717, 1.165) is 6.42 Å². The van der Waals surface area contributed by atoms with Gasteiger partial charge in [0.15, 0.2) is 0 Å². The predicted octanol–water partition coefficient (Wildman–Crippen LogP) is 3.90. The van der Waals surface area contributed by atoms with Crippen LogP contribution in [0, 0.1) is 0 Å². The van der Waals surface area contributed by atoms with E-state index in [1.54, 1.807) is 0 Å². The van der Waals surface area contributed by atoms with Gasteiger partial charge in [-0.3, -0.25) is 0 Å². The molecule has 1 heterocycles. The molecule has 1 atom stereocenters. The molecule has 0 radical (unpaired) electrons. The first-order valence-electron chi connectivity index (χ1n) is 6.14. The lowest BCUT2D eigenvalue weighted by atomic mass is 10.1. The highest BCUT2D eigenvalue weighted by molar-refractivity contribution is 8.18. The molecule has 1 nitrogen and oxygen atoms in total. The molecule has 1 aliphatic heterocycles. The topological polar surface area (TPSA) is 20.2 Å². The van der Waals surface area contributed by atoms with E-state index < -0.39 is 0 Å². The molecule has 0 aromatic rings. The van der Waals surface area contributed by atoms with E-state index in [9.17, 15) is 5.11 Å². The zero-order chi connectivity index (χ0) is 11.1. The van der Waals surface area contributed by atoms with E-state index >= 15 is 0 Å². The van der Waals surface area contributed by atoms with E-state index in [1.807, 2.05) is 6.92 Å². The molecule has 0 aliphatic carbocycles. The lowest BCUT2D eigenvalue weighted by Crippen LogP contribution is -2.29. The van der Waals surface area contributed by atoms with Gasteiger partial charge in [-0.1, -0.05) is 26.2 Å². The molecule has 1 fully saturated rings. The summed E-state index contributed by atoms with van der Waals surface area (Å²) >= 11 is 4.18. The monoisotopic (exact) mass is 248 g/mol. The molecule has 0 aromatic heterocycles. The number of aliphatic hydroxyl groups excluding tert-OH is 1. The van der Waals surface area contributed by atoms with Gasteiger partial charge in [-0.05, 0) is 37.7 Å². The predicted molar refractivity (Wildman–Crippen MR) is 72.7 cm³/mol. The number of thioether (sulfide) groups is 2. The van der Waals surface area contributed by atoms with Crippen LogP contribution in [0.15, 0.2) is 0 Å². The Morgan fingerprint density at radius 3 is 2.47 bits per heavy atom. The maximum atomic E-state index is 9.60. The summed E-state index contributed by atoms with van der Waals surface area (Å²) in [7, 11) is 0. The fraction of sp³-hybridized carbons (Fsp3) is 1.00. The second kappa shape index (κ2) is 7.08. The van der Waals surface area contributed by atoms with Gasteiger partial charge < -0.3 is 5.11 Å². The Kier molecular flexibility index (Phi) is 6.48. The maximum absolute atomic E-state index is 9.60. The summed E-state index contributed by atoms with van der Waals surface area (Å²) in [5.41, 5.74) is 0. The standard InChI is InChI=1S/C12H24OS2/c1-3-4-5-7-12(10-11(2)13)14-8-6-9-15-12/h11,13H,3-10H2,1-2H3. The number of hydrogen-bond donors (Lipinski definition) is 1. The molecule has 1 saturated heterocycles. The fourth-order valence-electron chi connectivity index (χ4n) is 2.08.